The lowest BCUT2D eigenvalue weighted by atomic mass is 10.3. The summed E-state index contributed by atoms with van der Waals surface area (Å²) in [5.74, 6) is 0. The molecule has 0 bridgehead atoms. The first kappa shape index (κ1) is 15.3. The van der Waals surface area contributed by atoms with E-state index in [2.05, 4.69) is 4.72 Å². The lowest BCUT2D eigenvalue weighted by molar-refractivity contribution is 0.565. The van der Waals surface area contributed by atoms with Gasteiger partial charge in [0.05, 0.1) is 10.6 Å². The van der Waals surface area contributed by atoms with Crippen molar-refractivity contribution in [3.63, 3.8) is 0 Å². The molecule has 1 aromatic heterocycles. The predicted octanol–water partition coefficient (Wildman–Crippen LogP) is -0.827. The van der Waals surface area contributed by atoms with Crippen molar-refractivity contribution in [2.45, 2.75) is 11.8 Å². The Kier molecular flexibility index (Phi) is 3.88. The summed E-state index contributed by atoms with van der Waals surface area (Å²) in [7, 11) is -0.606. The Hall–Kier alpha value is -2.13. The quantitative estimate of drug-likeness (QED) is 0.797. The molecule has 114 valence electrons. The van der Waals surface area contributed by atoms with E-state index in [1.165, 1.54) is 47.7 Å². The first-order valence-electron chi connectivity index (χ1n) is 6.24. The second-order valence-corrected chi connectivity index (χ2v) is 6.21. The minimum Gasteiger partial charge on any atom is -0.246 e. The highest BCUT2D eigenvalue weighted by atomic mass is 32.2. The third-order valence-electron chi connectivity index (χ3n) is 3.13. The van der Waals surface area contributed by atoms with E-state index in [0.29, 0.717) is 5.69 Å². The van der Waals surface area contributed by atoms with Gasteiger partial charge in [0, 0.05) is 20.6 Å². The van der Waals surface area contributed by atoms with Crippen molar-refractivity contribution in [1.29, 1.82) is 0 Å². The standard InChI is InChI=1S/C12H16N4O4S/c1-4-13-21(19,20)10-7-5-9(6-8-10)16-11(17)14(2)15(3)12(16)18/h5-8,13H,4H2,1-3H3. The molecule has 0 atom stereocenters. The Morgan fingerprint density at radius 3 is 1.90 bits per heavy atom. The molecular weight excluding hydrogens is 296 g/mol. The zero-order valence-corrected chi connectivity index (χ0v) is 12.7. The maximum Gasteiger partial charge on any atom is 0.351 e. The van der Waals surface area contributed by atoms with Crippen LogP contribution in [0.4, 0.5) is 0 Å². The van der Waals surface area contributed by atoms with Gasteiger partial charge in [0.15, 0.2) is 0 Å². The fraction of sp³-hybridized carbons (Fsp3) is 0.333. The van der Waals surface area contributed by atoms with E-state index >= 15 is 0 Å². The zero-order valence-electron chi connectivity index (χ0n) is 11.9. The van der Waals surface area contributed by atoms with Crippen LogP contribution in [-0.2, 0) is 24.1 Å². The van der Waals surface area contributed by atoms with Crippen LogP contribution in [0.1, 0.15) is 6.92 Å². The van der Waals surface area contributed by atoms with Crippen LogP contribution in [0.5, 0.6) is 0 Å². The molecule has 1 heterocycles. The molecule has 0 aliphatic carbocycles. The molecule has 2 rings (SSSR count). The lowest BCUT2D eigenvalue weighted by Crippen LogP contribution is -2.27. The normalized spacial score (nSPS) is 11.8. The summed E-state index contributed by atoms with van der Waals surface area (Å²) in [6, 6.07) is 5.55. The van der Waals surface area contributed by atoms with Crippen LogP contribution in [-0.4, -0.2) is 28.9 Å². The highest BCUT2D eigenvalue weighted by Gasteiger charge is 2.15. The first-order chi connectivity index (χ1) is 9.79. The molecule has 0 saturated heterocycles. The number of hydrogen-bond acceptors (Lipinski definition) is 4. The average molecular weight is 312 g/mol. The van der Waals surface area contributed by atoms with E-state index in [-0.39, 0.29) is 11.4 Å². The summed E-state index contributed by atoms with van der Waals surface area (Å²) in [6.45, 7) is 1.96. The number of rotatable bonds is 4. The number of sulfonamides is 1. The number of nitrogens with one attached hydrogen (secondary N) is 1. The van der Waals surface area contributed by atoms with E-state index in [0.717, 1.165) is 4.57 Å². The summed E-state index contributed by atoms with van der Waals surface area (Å²) in [6.07, 6.45) is 0. The fourth-order valence-corrected chi connectivity index (χ4v) is 2.94. The maximum atomic E-state index is 12.0. The largest absolute Gasteiger partial charge is 0.351 e. The molecule has 0 radical (unpaired) electrons. The van der Waals surface area contributed by atoms with Crippen molar-refractivity contribution in [1.82, 2.24) is 18.7 Å². The third-order valence-corrected chi connectivity index (χ3v) is 4.69. The van der Waals surface area contributed by atoms with Crippen LogP contribution >= 0.6 is 0 Å². The molecule has 0 saturated carbocycles. The van der Waals surface area contributed by atoms with Crippen LogP contribution in [0.15, 0.2) is 38.8 Å². The minimum atomic E-state index is -3.56. The molecule has 2 aromatic rings. The van der Waals surface area contributed by atoms with E-state index in [4.69, 9.17) is 0 Å². The summed E-state index contributed by atoms with van der Waals surface area (Å²) in [4.78, 5) is 24.0. The molecule has 0 unspecified atom stereocenters. The van der Waals surface area contributed by atoms with Gasteiger partial charge in [-0.25, -0.2) is 36.7 Å². The average Bonchev–Trinajstić information content (AvgIpc) is 2.63. The molecule has 9 heteroatoms. The van der Waals surface area contributed by atoms with E-state index in [1.54, 1.807) is 6.92 Å². The Morgan fingerprint density at radius 1 is 1.00 bits per heavy atom. The fourth-order valence-electron chi connectivity index (χ4n) is 1.90. The minimum absolute atomic E-state index is 0.0777. The van der Waals surface area contributed by atoms with Crippen LogP contribution in [0, 0.1) is 0 Å². The molecule has 21 heavy (non-hydrogen) atoms. The predicted molar refractivity (Wildman–Crippen MR) is 77.1 cm³/mol. The first-order valence-corrected chi connectivity index (χ1v) is 7.73. The van der Waals surface area contributed by atoms with Crippen molar-refractivity contribution in [3.05, 3.63) is 45.2 Å². The molecule has 0 aliphatic heterocycles. The van der Waals surface area contributed by atoms with Gasteiger partial charge in [0.1, 0.15) is 0 Å². The summed E-state index contributed by atoms with van der Waals surface area (Å²) < 4.78 is 29.3. The second kappa shape index (κ2) is 5.34. The number of nitrogens with zero attached hydrogens (tertiary/aromatic N) is 3. The second-order valence-electron chi connectivity index (χ2n) is 4.44. The summed E-state index contributed by atoms with van der Waals surface area (Å²) in [5, 5.41) is 0. The Labute approximate surface area is 121 Å². The smallest absolute Gasteiger partial charge is 0.246 e. The number of benzene rings is 1. The maximum absolute atomic E-state index is 12.0. The highest BCUT2D eigenvalue weighted by molar-refractivity contribution is 7.89. The van der Waals surface area contributed by atoms with E-state index < -0.39 is 21.4 Å². The zero-order chi connectivity index (χ0) is 15.8. The van der Waals surface area contributed by atoms with Crippen molar-refractivity contribution < 1.29 is 8.42 Å². The summed E-state index contributed by atoms with van der Waals surface area (Å²) in [5.41, 5.74) is -0.675. The van der Waals surface area contributed by atoms with Gasteiger partial charge in [0.25, 0.3) is 0 Å². The van der Waals surface area contributed by atoms with Crippen molar-refractivity contribution in [3.8, 4) is 5.69 Å². The molecule has 8 nitrogen and oxygen atoms in total. The Bertz CT molecular complexity index is 838. The van der Waals surface area contributed by atoms with Crippen LogP contribution in [0.25, 0.3) is 5.69 Å². The van der Waals surface area contributed by atoms with Gasteiger partial charge in [-0.3, -0.25) is 0 Å². The van der Waals surface area contributed by atoms with Gasteiger partial charge in [-0.2, -0.15) is 0 Å². The molecular formula is C12H16N4O4S. The molecule has 1 N–H and O–H groups in total. The molecule has 0 fully saturated rings. The van der Waals surface area contributed by atoms with E-state index in [1.807, 2.05) is 0 Å². The molecule has 0 spiro atoms. The van der Waals surface area contributed by atoms with Gasteiger partial charge in [-0.05, 0) is 24.3 Å². The number of hydrogen-bond donors (Lipinski definition) is 1. The van der Waals surface area contributed by atoms with E-state index in [9.17, 15) is 18.0 Å². The van der Waals surface area contributed by atoms with Gasteiger partial charge in [0.2, 0.25) is 10.0 Å². The van der Waals surface area contributed by atoms with Crippen molar-refractivity contribution >= 4 is 10.0 Å². The van der Waals surface area contributed by atoms with Gasteiger partial charge in [-0.1, -0.05) is 6.92 Å². The van der Waals surface area contributed by atoms with Gasteiger partial charge < -0.3 is 0 Å². The topological polar surface area (TPSA) is 95.1 Å². The lowest BCUT2D eigenvalue weighted by Gasteiger charge is -2.05. The Morgan fingerprint density at radius 2 is 1.48 bits per heavy atom. The SMILES string of the molecule is CCNS(=O)(=O)c1ccc(-n2c(=O)n(C)n(C)c2=O)cc1. The molecule has 1 aromatic carbocycles. The third kappa shape index (κ3) is 2.57. The highest BCUT2D eigenvalue weighted by Crippen LogP contribution is 2.11. The van der Waals surface area contributed by atoms with Crippen molar-refractivity contribution in [2.24, 2.45) is 14.1 Å². The van der Waals surface area contributed by atoms with Gasteiger partial charge >= 0.3 is 11.4 Å². The molecule has 0 amide bonds. The van der Waals surface area contributed by atoms with Crippen molar-refractivity contribution in [2.75, 3.05) is 6.54 Å². The van der Waals surface area contributed by atoms with Gasteiger partial charge in [-0.15, -0.1) is 0 Å². The van der Waals surface area contributed by atoms with Crippen LogP contribution < -0.4 is 16.1 Å². The Balaban J connectivity index is 2.53. The monoisotopic (exact) mass is 312 g/mol. The molecule has 0 aliphatic rings. The van der Waals surface area contributed by atoms with Crippen LogP contribution in [0.3, 0.4) is 0 Å². The van der Waals surface area contributed by atoms with Crippen LogP contribution in [0.2, 0.25) is 0 Å². The summed E-state index contributed by atoms with van der Waals surface area (Å²) >= 11 is 0. The number of aromatic nitrogens is 3.